The van der Waals surface area contributed by atoms with E-state index in [0.717, 1.165) is 8.61 Å². The van der Waals surface area contributed by atoms with Gasteiger partial charge < -0.3 is 4.74 Å². The first-order chi connectivity index (χ1) is 10.6. The fourth-order valence-electron chi connectivity index (χ4n) is 1.73. The molecule has 0 fully saturated rings. The monoisotopic (exact) mass is 345 g/mol. The van der Waals surface area contributed by atoms with Gasteiger partial charge in [0, 0.05) is 39.8 Å². The van der Waals surface area contributed by atoms with Crippen LogP contribution in [0.15, 0.2) is 18.2 Å². The topological polar surface area (TPSA) is 110 Å². The highest BCUT2D eigenvalue weighted by molar-refractivity contribution is 7.86. The van der Waals surface area contributed by atoms with Crippen LogP contribution in [0.25, 0.3) is 0 Å². The van der Waals surface area contributed by atoms with Gasteiger partial charge in [-0.05, 0) is 18.6 Å². The Bertz CT molecular complexity index is 702. The molecular weight excluding hydrogens is 326 g/mol. The Balaban J connectivity index is 2.66. The van der Waals surface area contributed by atoms with Crippen molar-refractivity contribution in [2.75, 3.05) is 34.3 Å². The maximum atomic E-state index is 11.9. The molecule has 0 atom stereocenters. The average molecular weight is 345 g/mol. The van der Waals surface area contributed by atoms with Crippen molar-refractivity contribution in [3.63, 3.8) is 0 Å². The van der Waals surface area contributed by atoms with Crippen LogP contribution in [-0.4, -0.2) is 62.2 Å². The number of nitrogens with zero attached hydrogens (tertiary/aromatic N) is 3. The van der Waals surface area contributed by atoms with Gasteiger partial charge in [-0.2, -0.15) is 17.0 Å². The molecule has 0 saturated heterocycles. The summed E-state index contributed by atoms with van der Waals surface area (Å²) in [5.74, 6) is -0.659. The Kier molecular flexibility index (Phi) is 6.19. The number of benzene rings is 1. The van der Waals surface area contributed by atoms with E-state index in [9.17, 15) is 23.3 Å². The van der Waals surface area contributed by atoms with Gasteiger partial charge in [-0.1, -0.05) is 0 Å². The van der Waals surface area contributed by atoms with Gasteiger partial charge in [0.2, 0.25) is 0 Å². The predicted octanol–water partition coefficient (Wildman–Crippen LogP) is 0.798. The molecule has 0 radical (unpaired) electrons. The van der Waals surface area contributed by atoms with Crippen LogP contribution in [0.4, 0.5) is 5.69 Å². The lowest BCUT2D eigenvalue weighted by molar-refractivity contribution is -0.384. The molecule has 10 heteroatoms. The number of aryl methyl sites for hydroxylation is 1. The Morgan fingerprint density at radius 2 is 1.91 bits per heavy atom. The Labute approximate surface area is 134 Å². The van der Waals surface area contributed by atoms with Gasteiger partial charge in [-0.25, -0.2) is 4.79 Å². The zero-order chi connectivity index (χ0) is 17.8. The number of carbonyl (C=O) groups excluding carboxylic acids is 1. The summed E-state index contributed by atoms with van der Waals surface area (Å²) in [7, 11) is 0.615. The third kappa shape index (κ3) is 4.71. The highest BCUT2D eigenvalue weighted by atomic mass is 32.2. The van der Waals surface area contributed by atoms with Crippen LogP contribution in [0.1, 0.15) is 15.9 Å². The molecule has 0 heterocycles. The first-order valence-corrected chi connectivity index (χ1v) is 8.03. The standard InChI is InChI=1S/C13H19N3O6S/c1-10-9-11(16(18)19)5-6-12(10)13(17)22-8-7-15(4)23(20,21)14(2)3/h5-6,9H,7-8H2,1-4H3. The van der Waals surface area contributed by atoms with E-state index in [4.69, 9.17) is 4.74 Å². The van der Waals surface area contributed by atoms with E-state index >= 15 is 0 Å². The Morgan fingerprint density at radius 3 is 2.39 bits per heavy atom. The molecule has 0 unspecified atom stereocenters. The van der Waals surface area contributed by atoms with Gasteiger partial charge >= 0.3 is 5.97 Å². The lowest BCUT2D eigenvalue weighted by atomic mass is 10.1. The molecule has 0 N–H and O–H groups in total. The lowest BCUT2D eigenvalue weighted by Crippen LogP contribution is -2.39. The van der Waals surface area contributed by atoms with E-state index in [1.807, 2.05) is 0 Å². The van der Waals surface area contributed by atoms with Crippen molar-refractivity contribution in [3.05, 3.63) is 39.4 Å². The van der Waals surface area contributed by atoms with Crippen LogP contribution in [0.2, 0.25) is 0 Å². The van der Waals surface area contributed by atoms with Crippen molar-refractivity contribution in [2.45, 2.75) is 6.92 Å². The number of hydrogen-bond acceptors (Lipinski definition) is 6. The minimum Gasteiger partial charge on any atom is -0.461 e. The molecule has 0 saturated carbocycles. The van der Waals surface area contributed by atoms with E-state index in [-0.39, 0.29) is 24.4 Å². The molecule has 23 heavy (non-hydrogen) atoms. The molecule has 0 bridgehead atoms. The highest BCUT2D eigenvalue weighted by Gasteiger charge is 2.21. The Morgan fingerprint density at radius 1 is 1.30 bits per heavy atom. The summed E-state index contributed by atoms with van der Waals surface area (Å²) in [6.45, 7) is 1.43. The summed E-state index contributed by atoms with van der Waals surface area (Å²) in [6, 6.07) is 3.81. The zero-order valence-electron chi connectivity index (χ0n) is 13.3. The maximum absolute atomic E-state index is 11.9. The number of carbonyl (C=O) groups is 1. The molecular formula is C13H19N3O6S. The van der Waals surface area contributed by atoms with Gasteiger partial charge in [-0.3, -0.25) is 10.1 Å². The van der Waals surface area contributed by atoms with Crippen molar-refractivity contribution in [3.8, 4) is 0 Å². The van der Waals surface area contributed by atoms with E-state index in [1.54, 1.807) is 6.92 Å². The molecule has 0 aliphatic carbocycles. The van der Waals surface area contributed by atoms with Gasteiger partial charge in [0.15, 0.2) is 0 Å². The van der Waals surface area contributed by atoms with Crippen molar-refractivity contribution < 1.29 is 22.9 Å². The highest BCUT2D eigenvalue weighted by Crippen LogP contribution is 2.17. The number of ether oxygens (including phenoxy) is 1. The van der Waals surface area contributed by atoms with E-state index < -0.39 is 21.1 Å². The smallest absolute Gasteiger partial charge is 0.338 e. The quantitative estimate of drug-likeness (QED) is 0.411. The summed E-state index contributed by atoms with van der Waals surface area (Å²) in [5, 5.41) is 10.7. The van der Waals surface area contributed by atoms with Crippen molar-refractivity contribution in [2.24, 2.45) is 0 Å². The van der Waals surface area contributed by atoms with Gasteiger partial charge in [0.25, 0.3) is 15.9 Å². The summed E-state index contributed by atoms with van der Waals surface area (Å²) in [4.78, 5) is 22.0. The molecule has 0 aliphatic heterocycles. The number of esters is 1. The molecule has 0 aromatic heterocycles. The lowest BCUT2D eigenvalue weighted by Gasteiger charge is -2.21. The molecule has 9 nitrogen and oxygen atoms in total. The zero-order valence-corrected chi connectivity index (χ0v) is 14.2. The molecule has 1 aromatic rings. The molecule has 1 aromatic carbocycles. The average Bonchev–Trinajstić information content (AvgIpc) is 2.46. The first kappa shape index (κ1) is 19.0. The van der Waals surface area contributed by atoms with Crippen LogP contribution in [-0.2, 0) is 14.9 Å². The summed E-state index contributed by atoms with van der Waals surface area (Å²) in [5.41, 5.74) is 0.503. The first-order valence-electron chi connectivity index (χ1n) is 6.63. The molecule has 0 aliphatic rings. The fourth-order valence-corrected chi connectivity index (χ4v) is 2.59. The summed E-state index contributed by atoms with van der Waals surface area (Å²) < 4.78 is 30.7. The molecule has 128 valence electrons. The number of hydrogen-bond donors (Lipinski definition) is 0. The van der Waals surface area contributed by atoms with Crippen LogP contribution >= 0.6 is 0 Å². The van der Waals surface area contributed by atoms with Crippen molar-refractivity contribution in [1.82, 2.24) is 8.61 Å². The van der Waals surface area contributed by atoms with Crippen LogP contribution < -0.4 is 0 Å². The fraction of sp³-hybridized carbons (Fsp3) is 0.462. The van der Waals surface area contributed by atoms with E-state index in [1.165, 1.54) is 39.3 Å². The number of rotatable bonds is 7. The molecule has 0 amide bonds. The number of nitro groups is 1. The third-order valence-electron chi connectivity index (χ3n) is 3.14. The van der Waals surface area contributed by atoms with Gasteiger partial charge in [0.05, 0.1) is 10.5 Å². The van der Waals surface area contributed by atoms with E-state index in [2.05, 4.69) is 0 Å². The molecule has 1 rings (SSSR count). The second-order valence-corrected chi connectivity index (χ2v) is 7.25. The van der Waals surface area contributed by atoms with Gasteiger partial charge in [-0.15, -0.1) is 0 Å². The van der Waals surface area contributed by atoms with Crippen molar-refractivity contribution in [1.29, 1.82) is 0 Å². The SMILES string of the molecule is Cc1cc([N+](=O)[O-])ccc1C(=O)OCCN(C)S(=O)(=O)N(C)C. The van der Waals surface area contributed by atoms with Crippen LogP contribution in [0, 0.1) is 17.0 Å². The second kappa shape index (κ2) is 7.49. The normalized spacial score (nSPS) is 11.7. The summed E-state index contributed by atoms with van der Waals surface area (Å²) in [6.07, 6.45) is 0. The van der Waals surface area contributed by atoms with Crippen molar-refractivity contribution >= 4 is 21.9 Å². The maximum Gasteiger partial charge on any atom is 0.338 e. The molecule has 0 spiro atoms. The third-order valence-corrected chi connectivity index (χ3v) is 5.03. The van der Waals surface area contributed by atoms with Gasteiger partial charge in [0.1, 0.15) is 6.61 Å². The minimum absolute atomic E-state index is 0.00170. The second-order valence-electron chi connectivity index (χ2n) is 5.00. The summed E-state index contributed by atoms with van der Waals surface area (Å²) >= 11 is 0. The van der Waals surface area contributed by atoms with Crippen LogP contribution in [0.3, 0.4) is 0 Å². The minimum atomic E-state index is -3.56. The number of likely N-dealkylation sites (N-methyl/N-ethyl adjacent to an activating group) is 1. The van der Waals surface area contributed by atoms with E-state index in [0.29, 0.717) is 5.56 Å². The Hall–Kier alpha value is -2.04. The number of nitro benzene ring substituents is 1. The van der Waals surface area contributed by atoms with Crippen LogP contribution in [0.5, 0.6) is 0 Å². The predicted molar refractivity (Wildman–Crippen MR) is 83.4 cm³/mol. The largest absolute Gasteiger partial charge is 0.461 e. The number of non-ortho nitro benzene ring substituents is 1.